The number of thioether (sulfide) groups is 1. The summed E-state index contributed by atoms with van der Waals surface area (Å²) in [6.45, 7) is 2.30. The summed E-state index contributed by atoms with van der Waals surface area (Å²) in [7, 11) is 0. The van der Waals surface area contributed by atoms with E-state index in [0.29, 0.717) is 23.7 Å². The Hall–Kier alpha value is -1.40. The number of nitrogens with zero attached hydrogens (tertiary/aromatic N) is 1. The Morgan fingerprint density at radius 1 is 1.43 bits per heavy atom. The van der Waals surface area contributed by atoms with Gasteiger partial charge in [-0.1, -0.05) is 23.7 Å². The lowest BCUT2D eigenvalue weighted by Gasteiger charge is -2.25. The van der Waals surface area contributed by atoms with Crippen LogP contribution in [0, 0.1) is 0 Å². The number of amides is 2. The van der Waals surface area contributed by atoms with Crippen LogP contribution < -0.4 is 5.32 Å². The Kier molecular flexibility index (Phi) is 5.36. The lowest BCUT2D eigenvalue weighted by atomic mass is 10.1. The van der Waals surface area contributed by atoms with E-state index < -0.39 is 12.0 Å². The summed E-state index contributed by atoms with van der Waals surface area (Å²) in [5.41, 5.74) is 1.07. The molecule has 2 amide bonds. The van der Waals surface area contributed by atoms with Gasteiger partial charge < -0.3 is 10.4 Å². The lowest BCUT2D eigenvalue weighted by molar-refractivity contribution is -0.141. The Morgan fingerprint density at radius 2 is 2.10 bits per heavy atom. The zero-order valence-electron chi connectivity index (χ0n) is 11.6. The highest BCUT2D eigenvalue weighted by Gasteiger charge is 2.39. The van der Waals surface area contributed by atoms with Crippen LogP contribution in [-0.4, -0.2) is 45.7 Å². The molecule has 1 heterocycles. The topological polar surface area (TPSA) is 69.6 Å². The Morgan fingerprint density at radius 3 is 2.71 bits per heavy atom. The Bertz CT molecular complexity index is 523. The summed E-state index contributed by atoms with van der Waals surface area (Å²) in [6.07, 6.45) is 0.677. The first-order valence-corrected chi connectivity index (χ1v) is 8.06. The highest BCUT2D eigenvalue weighted by Crippen LogP contribution is 2.28. The second-order valence-corrected chi connectivity index (χ2v) is 6.59. The Labute approximate surface area is 132 Å². The summed E-state index contributed by atoms with van der Waals surface area (Å²) in [4.78, 5) is 24.7. The van der Waals surface area contributed by atoms with Gasteiger partial charge in [-0.2, -0.15) is 0 Å². The lowest BCUT2D eigenvalue weighted by Crippen LogP contribution is -2.49. The first-order chi connectivity index (χ1) is 9.99. The number of aliphatic carboxylic acids is 1. The van der Waals surface area contributed by atoms with Gasteiger partial charge in [0.15, 0.2) is 0 Å². The van der Waals surface area contributed by atoms with Crippen molar-refractivity contribution in [2.45, 2.75) is 24.8 Å². The molecular formula is C14H17ClN2O3S. The van der Waals surface area contributed by atoms with E-state index in [1.54, 1.807) is 12.1 Å². The van der Waals surface area contributed by atoms with Crippen LogP contribution in [-0.2, 0) is 11.2 Å². The van der Waals surface area contributed by atoms with Crippen LogP contribution in [0.2, 0.25) is 5.02 Å². The van der Waals surface area contributed by atoms with Crippen LogP contribution >= 0.6 is 23.4 Å². The van der Waals surface area contributed by atoms with Crippen molar-refractivity contribution in [3.8, 4) is 0 Å². The van der Waals surface area contributed by atoms with Crippen LogP contribution in [0.4, 0.5) is 4.79 Å². The van der Waals surface area contributed by atoms with Gasteiger partial charge in [0.25, 0.3) is 0 Å². The van der Waals surface area contributed by atoms with Gasteiger partial charge in [-0.05, 0) is 31.0 Å². The minimum Gasteiger partial charge on any atom is -0.480 e. The number of nitrogens with one attached hydrogen (secondary N) is 1. The van der Waals surface area contributed by atoms with Crippen molar-refractivity contribution in [2.24, 2.45) is 0 Å². The van der Waals surface area contributed by atoms with Gasteiger partial charge in [0.05, 0.1) is 5.37 Å². The molecule has 0 aliphatic carbocycles. The molecule has 2 N–H and O–H groups in total. The third-order valence-electron chi connectivity index (χ3n) is 3.35. The molecule has 0 bridgehead atoms. The maximum atomic E-state index is 12.1. The van der Waals surface area contributed by atoms with E-state index in [9.17, 15) is 9.59 Å². The fourth-order valence-corrected chi connectivity index (χ4v) is 3.49. The minimum absolute atomic E-state index is 0.123. The molecule has 21 heavy (non-hydrogen) atoms. The molecule has 1 aliphatic heterocycles. The molecule has 0 saturated carbocycles. The molecule has 114 valence electrons. The van der Waals surface area contributed by atoms with Gasteiger partial charge in [0.1, 0.15) is 6.04 Å². The van der Waals surface area contributed by atoms with Crippen LogP contribution in [0.25, 0.3) is 0 Å². The number of rotatable bonds is 4. The number of carbonyl (C=O) groups is 2. The van der Waals surface area contributed by atoms with E-state index in [1.807, 2.05) is 19.1 Å². The predicted octanol–water partition coefficient (Wildman–Crippen LogP) is 2.44. The summed E-state index contributed by atoms with van der Waals surface area (Å²) < 4.78 is 0. The van der Waals surface area contributed by atoms with Crippen molar-refractivity contribution in [1.29, 1.82) is 0 Å². The number of benzene rings is 1. The van der Waals surface area contributed by atoms with E-state index in [4.69, 9.17) is 16.7 Å². The Balaban J connectivity index is 1.86. The number of hydrogen-bond donors (Lipinski definition) is 2. The number of hydrogen-bond acceptors (Lipinski definition) is 3. The SMILES string of the molecule is CC1SCC(C(=O)O)N1C(=O)NCCc1ccc(Cl)cc1. The zero-order chi connectivity index (χ0) is 15.4. The summed E-state index contributed by atoms with van der Waals surface area (Å²) in [5.74, 6) is -0.527. The molecule has 1 aromatic rings. The molecule has 1 aliphatic rings. The third-order valence-corrected chi connectivity index (χ3v) is 4.82. The maximum Gasteiger partial charge on any atom is 0.327 e. The fourth-order valence-electron chi connectivity index (χ4n) is 2.20. The van der Waals surface area contributed by atoms with Crippen molar-refractivity contribution >= 4 is 35.4 Å². The molecule has 2 unspecified atom stereocenters. The number of urea groups is 1. The fraction of sp³-hybridized carbons (Fsp3) is 0.429. The zero-order valence-corrected chi connectivity index (χ0v) is 13.2. The predicted molar refractivity (Wildman–Crippen MR) is 83.7 cm³/mol. The van der Waals surface area contributed by atoms with Crippen molar-refractivity contribution in [3.05, 3.63) is 34.9 Å². The van der Waals surface area contributed by atoms with Crippen molar-refractivity contribution in [3.63, 3.8) is 0 Å². The molecule has 1 fully saturated rings. The van der Waals surface area contributed by atoms with E-state index in [1.165, 1.54) is 16.7 Å². The van der Waals surface area contributed by atoms with Gasteiger partial charge in [-0.25, -0.2) is 9.59 Å². The second kappa shape index (κ2) is 7.04. The van der Waals surface area contributed by atoms with E-state index >= 15 is 0 Å². The second-order valence-electron chi connectivity index (χ2n) is 4.80. The monoisotopic (exact) mass is 328 g/mol. The van der Waals surface area contributed by atoms with Gasteiger partial charge in [-0.3, -0.25) is 4.90 Å². The molecule has 7 heteroatoms. The highest BCUT2D eigenvalue weighted by atomic mass is 35.5. The number of carboxylic acid groups (broad SMARTS) is 1. The van der Waals surface area contributed by atoms with Crippen LogP contribution in [0.5, 0.6) is 0 Å². The molecule has 2 rings (SSSR count). The highest BCUT2D eigenvalue weighted by molar-refractivity contribution is 8.00. The van der Waals surface area contributed by atoms with Crippen LogP contribution in [0.15, 0.2) is 24.3 Å². The normalized spacial score (nSPS) is 21.3. The molecule has 2 atom stereocenters. The molecule has 0 radical (unpaired) electrons. The van der Waals surface area contributed by atoms with E-state index in [0.717, 1.165) is 5.56 Å². The largest absolute Gasteiger partial charge is 0.480 e. The first-order valence-electron chi connectivity index (χ1n) is 6.64. The molecule has 5 nitrogen and oxygen atoms in total. The smallest absolute Gasteiger partial charge is 0.327 e. The average molecular weight is 329 g/mol. The summed E-state index contributed by atoms with van der Waals surface area (Å²) >= 11 is 7.28. The number of carbonyl (C=O) groups excluding carboxylic acids is 1. The van der Waals surface area contributed by atoms with Crippen molar-refractivity contribution < 1.29 is 14.7 Å². The van der Waals surface area contributed by atoms with Crippen LogP contribution in [0.3, 0.4) is 0 Å². The molecule has 0 spiro atoms. The molecule has 1 aromatic carbocycles. The number of carboxylic acids is 1. The van der Waals surface area contributed by atoms with Gasteiger partial charge in [0, 0.05) is 17.3 Å². The molecular weight excluding hydrogens is 312 g/mol. The number of halogens is 1. The van der Waals surface area contributed by atoms with Gasteiger partial charge in [0.2, 0.25) is 0 Å². The van der Waals surface area contributed by atoms with Crippen molar-refractivity contribution in [1.82, 2.24) is 10.2 Å². The molecule has 0 aromatic heterocycles. The average Bonchev–Trinajstić information content (AvgIpc) is 2.83. The maximum absolute atomic E-state index is 12.1. The van der Waals surface area contributed by atoms with Gasteiger partial charge >= 0.3 is 12.0 Å². The van der Waals surface area contributed by atoms with E-state index in [2.05, 4.69) is 5.32 Å². The summed E-state index contributed by atoms with van der Waals surface area (Å²) in [5, 5.41) is 12.5. The quantitative estimate of drug-likeness (QED) is 0.890. The first kappa shape index (κ1) is 16.0. The van der Waals surface area contributed by atoms with Crippen LogP contribution in [0.1, 0.15) is 12.5 Å². The standard InChI is InChI=1S/C14H17ClN2O3S/c1-9-17(12(8-21-9)13(18)19)14(20)16-7-6-10-2-4-11(15)5-3-10/h2-5,9,12H,6-8H2,1H3,(H,16,20)(H,18,19). The third kappa shape index (κ3) is 4.04. The summed E-state index contributed by atoms with van der Waals surface area (Å²) in [6, 6.07) is 6.34. The van der Waals surface area contributed by atoms with Gasteiger partial charge in [-0.15, -0.1) is 11.8 Å². The molecule has 1 saturated heterocycles. The van der Waals surface area contributed by atoms with E-state index in [-0.39, 0.29) is 11.4 Å². The minimum atomic E-state index is -0.959. The van der Waals surface area contributed by atoms with Crippen molar-refractivity contribution in [2.75, 3.05) is 12.3 Å².